The van der Waals surface area contributed by atoms with E-state index < -0.39 is 18.3 Å². The summed E-state index contributed by atoms with van der Waals surface area (Å²) in [6.07, 6.45) is 2.09. The topological polar surface area (TPSA) is 50.8 Å². The van der Waals surface area contributed by atoms with Gasteiger partial charge >= 0.3 is 6.61 Å². The van der Waals surface area contributed by atoms with E-state index in [1.54, 1.807) is 6.07 Å². The fourth-order valence-electron chi connectivity index (χ4n) is 3.01. The van der Waals surface area contributed by atoms with Crippen molar-refractivity contribution in [3.05, 3.63) is 47.8 Å². The second-order valence-corrected chi connectivity index (χ2v) is 6.09. The van der Waals surface area contributed by atoms with Gasteiger partial charge in [-0.1, -0.05) is 0 Å². The minimum Gasteiger partial charge on any atom is -0.493 e. The van der Waals surface area contributed by atoms with Crippen LogP contribution in [-0.2, 0) is 0 Å². The summed E-state index contributed by atoms with van der Waals surface area (Å²) < 4.78 is 48.0. The van der Waals surface area contributed by atoms with E-state index in [-0.39, 0.29) is 17.1 Å². The molecule has 1 fully saturated rings. The molecule has 1 aliphatic rings. The molecule has 1 saturated heterocycles. The zero-order chi connectivity index (χ0) is 19.4. The molecule has 5 nitrogen and oxygen atoms in total. The van der Waals surface area contributed by atoms with E-state index in [0.29, 0.717) is 11.4 Å². The third kappa shape index (κ3) is 4.64. The Morgan fingerprint density at radius 3 is 2.52 bits per heavy atom. The zero-order valence-electron chi connectivity index (χ0n) is 14.7. The van der Waals surface area contributed by atoms with Crippen LogP contribution < -0.4 is 19.7 Å². The standard InChI is InChI=1S/C19H19F3N2O3/c1-26-17-8-12(4-5-16(17)27-19(21)22)18(25)23-14-9-13(20)10-15(11-14)24-6-2-3-7-24/h4-5,8-11,19H,2-3,6-7H2,1H3,(H,23,25). The van der Waals surface area contributed by atoms with Gasteiger partial charge in [0.2, 0.25) is 0 Å². The van der Waals surface area contributed by atoms with Gasteiger partial charge in [-0.05, 0) is 49.2 Å². The highest BCUT2D eigenvalue weighted by atomic mass is 19.3. The van der Waals surface area contributed by atoms with Crippen LogP contribution in [0.1, 0.15) is 23.2 Å². The highest BCUT2D eigenvalue weighted by Crippen LogP contribution is 2.30. The molecule has 0 spiro atoms. The van der Waals surface area contributed by atoms with E-state index in [1.165, 1.54) is 37.4 Å². The van der Waals surface area contributed by atoms with Crippen LogP contribution in [0.5, 0.6) is 11.5 Å². The molecule has 2 aromatic rings. The van der Waals surface area contributed by atoms with Gasteiger partial charge in [0.1, 0.15) is 5.82 Å². The van der Waals surface area contributed by atoms with E-state index in [0.717, 1.165) is 25.9 Å². The number of hydrogen-bond donors (Lipinski definition) is 1. The number of amides is 1. The Kier molecular flexibility index (Phi) is 5.73. The molecule has 3 rings (SSSR count). The first-order chi connectivity index (χ1) is 13.0. The number of halogens is 3. The molecule has 0 saturated carbocycles. The first kappa shape index (κ1) is 18.9. The maximum absolute atomic E-state index is 13.9. The van der Waals surface area contributed by atoms with Gasteiger partial charge in [0, 0.05) is 30.0 Å². The van der Waals surface area contributed by atoms with E-state index >= 15 is 0 Å². The number of benzene rings is 2. The number of alkyl halides is 2. The number of carbonyl (C=O) groups is 1. The Hall–Kier alpha value is -2.90. The SMILES string of the molecule is COc1cc(C(=O)Nc2cc(F)cc(N3CCCC3)c2)ccc1OC(F)F. The predicted molar refractivity (Wildman–Crippen MR) is 95.4 cm³/mol. The second-order valence-electron chi connectivity index (χ2n) is 6.09. The van der Waals surface area contributed by atoms with Crippen LogP contribution in [0.4, 0.5) is 24.5 Å². The number of rotatable bonds is 6. The molecule has 1 heterocycles. The molecule has 0 radical (unpaired) electrons. The van der Waals surface area contributed by atoms with Crippen molar-refractivity contribution in [2.45, 2.75) is 19.5 Å². The largest absolute Gasteiger partial charge is 0.493 e. The Bertz CT molecular complexity index is 824. The highest BCUT2D eigenvalue weighted by Gasteiger charge is 2.17. The molecular weight excluding hydrogens is 361 g/mol. The molecular formula is C19H19F3N2O3. The second kappa shape index (κ2) is 8.20. The Morgan fingerprint density at radius 1 is 1.11 bits per heavy atom. The number of nitrogens with zero attached hydrogens (tertiary/aromatic N) is 1. The van der Waals surface area contributed by atoms with Crippen molar-refractivity contribution in [2.24, 2.45) is 0 Å². The number of hydrogen-bond acceptors (Lipinski definition) is 4. The van der Waals surface area contributed by atoms with Gasteiger partial charge in [-0.3, -0.25) is 4.79 Å². The summed E-state index contributed by atoms with van der Waals surface area (Å²) in [7, 11) is 1.28. The first-order valence-corrected chi connectivity index (χ1v) is 8.46. The lowest BCUT2D eigenvalue weighted by Gasteiger charge is -2.19. The molecule has 0 bridgehead atoms. The monoisotopic (exact) mass is 380 g/mol. The van der Waals surface area contributed by atoms with Crippen molar-refractivity contribution in [2.75, 3.05) is 30.4 Å². The number of nitrogens with one attached hydrogen (secondary N) is 1. The van der Waals surface area contributed by atoms with E-state index in [9.17, 15) is 18.0 Å². The van der Waals surface area contributed by atoms with E-state index in [4.69, 9.17) is 4.74 Å². The van der Waals surface area contributed by atoms with Gasteiger partial charge in [-0.15, -0.1) is 0 Å². The normalized spacial score (nSPS) is 13.7. The van der Waals surface area contributed by atoms with Gasteiger partial charge in [-0.25, -0.2) is 4.39 Å². The fourth-order valence-corrected chi connectivity index (χ4v) is 3.01. The van der Waals surface area contributed by atoms with E-state index in [2.05, 4.69) is 15.0 Å². The van der Waals surface area contributed by atoms with Crippen LogP contribution in [-0.4, -0.2) is 32.7 Å². The Balaban J connectivity index is 1.79. The number of carbonyl (C=O) groups excluding carboxylic acids is 1. The van der Waals surface area contributed by atoms with Crippen LogP contribution >= 0.6 is 0 Å². The van der Waals surface area contributed by atoms with Crippen molar-refractivity contribution >= 4 is 17.3 Å². The fraction of sp³-hybridized carbons (Fsp3) is 0.316. The minimum absolute atomic E-state index is 0.0000482. The molecule has 1 N–H and O–H groups in total. The molecule has 1 aliphatic heterocycles. The molecule has 0 aromatic heterocycles. The van der Waals surface area contributed by atoms with Gasteiger partial charge in [-0.2, -0.15) is 8.78 Å². The van der Waals surface area contributed by atoms with Gasteiger partial charge < -0.3 is 19.7 Å². The van der Waals surface area contributed by atoms with Gasteiger partial charge in [0.05, 0.1) is 7.11 Å². The Labute approximate surface area is 154 Å². The van der Waals surface area contributed by atoms with Gasteiger partial charge in [0.25, 0.3) is 5.91 Å². The van der Waals surface area contributed by atoms with Crippen molar-refractivity contribution < 1.29 is 27.4 Å². The smallest absolute Gasteiger partial charge is 0.387 e. The summed E-state index contributed by atoms with van der Waals surface area (Å²) in [5.41, 5.74) is 1.19. The quantitative estimate of drug-likeness (QED) is 0.812. The molecule has 27 heavy (non-hydrogen) atoms. The van der Waals surface area contributed by atoms with Crippen molar-refractivity contribution in [3.8, 4) is 11.5 Å². The number of methoxy groups -OCH3 is 1. The minimum atomic E-state index is -3.00. The summed E-state index contributed by atoms with van der Waals surface area (Å²) >= 11 is 0. The summed E-state index contributed by atoms with van der Waals surface area (Å²) in [6.45, 7) is -1.31. The summed E-state index contributed by atoms with van der Waals surface area (Å²) in [6, 6.07) is 8.20. The lowest BCUT2D eigenvalue weighted by molar-refractivity contribution is -0.0512. The summed E-state index contributed by atoms with van der Waals surface area (Å²) in [5.74, 6) is -1.14. The van der Waals surface area contributed by atoms with Crippen LogP contribution in [0.2, 0.25) is 0 Å². The number of ether oxygens (including phenoxy) is 2. The lowest BCUT2D eigenvalue weighted by atomic mass is 10.1. The van der Waals surface area contributed by atoms with Crippen molar-refractivity contribution in [1.82, 2.24) is 0 Å². The summed E-state index contributed by atoms with van der Waals surface area (Å²) in [4.78, 5) is 14.5. The molecule has 0 atom stereocenters. The summed E-state index contributed by atoms with van der Waals surface area (Å²) in [5, 5.41) is 2.62. The highest BCUT2D eigenvalue weighted by molar-refractivity contribution is 6.04. The Morgan fingerprint density at radius 2 is 1.85 bits per heavy atom. The molecule has 0 unspecified atom stereocenters. The first-order valence-electron chi connectivity index (χ1n) is 8.46. The third-order valence-electron chi connectivity index (χ3n) is 4.25. The lowest BCUT2D eigenvalue weighted by Crippen LogP contribution is -2.18. The molecule has 2 aromatic carbocycles. The number of anilines is 2. The van der Waals surface area contributed by atoms with Crippen LogP contribution in [0.15, 0.2) is 36.4 Å². The van der Waals surface area contributed by atoms with Gasteiger partial charge in [0.15, 0.2) is 11.5 Å². The van der Waals surface area contributed by atoms with Crippen molar-refractivity contribution in [1.29, 1.82) is 0 Å². The average Bonchev–Trinajstić information content (AvgIpc) is 3.15. The molecule has 1 amide bonds. The average molecular weight is 380 g/mol. The van der Waals surface area contributed by atoms with Crippen LogP contribution in [0, 0.1) is 5.82 Å². The van der Waals surface area contributed by atoms with Crippen LogP contribution in [0.25, 0.3) is 0 Å². The maximum Gasteiger partial charge on any atom is 0.387 e. The zero-order valence-corrected chi connectivity index (χ0v) is 14.7. The van der Waals surface area contributed by atoms with Crippen LogP contribution in [0.3, 0.4) is 0 Å². The molecule has 144 valence electrons. The molecule has 0 aliphatic carbocycles. The maximum atomic E-state index is 13.9. The van der Waals surface area contributed by atoms with E-state index in [1.807, 2.05) is 0 Å². The third-order valence-corrected chi connectivity index (χ3v) is 4.25. The molecule has 8 heteroatoms. The predicted octanol–water partition coefficient (Wildman–Crippen LogP) is 4.29. The van der Waals surface area contributed by atoms with Crippen molar-refractivity contribution in [3.63, 3.8) is 0 Å².